The van der Waals surface area contributed by atoms with Gasteiger partial charge in [0.05, 0.1) is 12.8 Å². The number of anilines is 1. The van der Waals surface area contributed by atoms with Crippen molar-refractivity contribution in [2.75, 3.05) is 51.3 Å². The molecule has 1 fully saturated rings. The van der Waals surface area contributed by atoms with E-state index >= 15 is 0 Å². The summed E-state index contributed by atoms with van der Waals surface area (Å²) in [6.45, 7) is 5.79. The van der Waals surface area contributed by atoms with Gasteiger partial charge in [0.25, 0.3) is 5.91 Å². The summed E-state index contributed by atoms with van der Waals surface area (Å²) in [5, 5.41) is 7.30. The number of rotatable bonds is 8. The molecule has 1 aliphatic heterocycles. The van der Waals surface area contributed by atoms with E-state index in [9.17, 15) is 9.18 Å². The number of hydrogen-bond donors (Lipinski definition) is 2. The van der Waals surface area contributed by atoms with Crippen LogP contribution in [0.3, 0.4) is 0 Å². The van der Waals surface area contributed by atoms with Gasteiger partial charge in [0.15, 0.2) is 0 Å². The molecule has 2 aromatic heterocycles. The molecule has 1 amide bonds. The van der Waals surface area contributed by atoms with E-state index in [1.165, 1.54) is 5.69 Å². The van der Waals surface area contributed by atoms with Crippen LogP contribution in [-0.2, 0) is 0 Å². The molecule has 3 heterocycles. The molecule has 8 heteroatoms. The van der Waals surface area contributed by atoms with Crippen LogP contribution in [0.1, 0.15) is 29.8 Å². The molecule has 0 aliphatic carbocycles. The zero-order valence-corrected chi connectivity index (χ0v) is 20.8. The molecule has 2 N–H and O–H groups in total. The van der Waals surface area contributed by atoms with Crippen molar-refractivity contribution in [1.82, 2.24) is 15.2 Å². The number of carbonyl (C=O) groups is 1. The Morgan fingerprint density at radius 2 is 2.03 bits per heavy atom. The van der Waals surface area contributed by atoms with Crippen LogP contribution >= 0.6 is 11.3 Å². The van der Waals surface area contributed by atoms with Crippen LogP contribution in [-0.4, -0.2) is 62.2 Å². The number of aromatic nitrogens is 1. The molecule has 0 unspecified atom stereocenters. The van der Waals surface area contributed by atoms with Crippen molar-refractivity contribution in [3.63, 3.8) is 0 Å². The number of nitrogens with one attached hydrogen (secondary N) is 2. The number of hydrogen-bond acceptors (Lipinski definition) is 5. The normalized spacial score (nSPS) is 15.0. The number of unbranched alkanes of at least 4 members (excludes halogenated alkanes) is 1. The topological polar surface area (TPSA) is 60.6 Å². The minimum atomic E-state index is -0.175. The van der Waals surface area contributed by atoms with E-state index in [2.05, 4.69) is 25.5 Å². The summed E-state index contributed by atoms with van der Waals surface area (Å²) in [6, 6.07) is 12.7. The van der Waals surface area contributed by atoms with Crippen molar-refractivity contribution < 1.29 is 13.9 Å². The van der Waals surface area contributed by atoms with Crippen LogP contribution in [0.5, 0.6) is 5.75 Å². The van der Waals surface area contributed by atoms with Crippen molar-refractivity contribution in [2.24, 2.45) is 0 Å². The molecular weight excluding hydrogens is 463 g/mol. The second-order valence-corrected chi connectivity index (χ2v) is 9.95. The monoisotopic (exact) mass is 494 g/mol. The summed E-state index contributed by atoms with van der Waals surface area (Å²) < 4.78 is 19.8. The van der Waals surface area contributed by atoms with Gasteiger partial charge in [0.1, 0.15) is 17.3 Å². The maximum Gasteiger partial charge on any atom is 0.267 e. The summed E-state index contributed by atoms with van der Waals surface area (Å²) in [4.78, 5) is 20.7. The van der Waals surface area contributed by atoms with E-state index in [0.717, 1.165) is 78.7 Å². The molecule has 0 atom stereocenters. The van der Waals surface area contributed by atoms with Gasteiger partial charge in [-0.1, -0.05) is 0 Å². The van der Waals surface area contributed by atoms with E-state index < -0.39 is 0 Å². The van der Waals surface area contributed by atoms with Crippen LogP contribution in [0.4, 0.5) is 10.1 Å². The molecule has 0 bridgehead atoms. The molecule has 1 saturated heterocycles. The predicted octanol–water partition coefficient (Wildman–Crippen LogP) is 5.25. The molecule has 2 aromatic carbocycles. The first kappa shape index (κ1) is 23.6. The summed E-state index contributed by atoms with van der Waals surface area (Å²) in [7, 11) is 1.64. The Kier molecular flexibility index (Phi) is 7.20. The van der Waals surface area contributed by atoms with Crippen molar-refractivity contribution in [3.8, 4) is 5.75 Å². The smallest absolute Gasteiger partial charge is 0.267 e. The first-order valence-corrected chi connectivity index (χ1v) is 13.1. The van der Waals surface area contributed by atoms with Crippen LogP contribution in [0.25, 0.3) is 21.0 Å². The van der Waals surface area contributed by atoms with Crippen LogP contribution < -0.4 is 15.0 Å². The molecule has 5 rings (SSSR count). The number of ether oxygens (including phenoxy) is 1. The van der Waals surface area contributed by atoms with Crippen molar-refractivity contribution in [2.45, 2.75) is 19.3 Å². The lowest BCUT2D eigenvalue weighted by atomic mass is 10.2. The zero-order valence-electron chi connectivity index (χ0n) is 20.0. The summed E-state index contributed by atoms with van der Waals surface area (Å²) >= 11 is 1.61. The number of amides is 1. The minimum Gasteiger partial charge on any atom is -0.497 e. The summed E-state index contributed by atoms with van der Waals surface area (Å²) in [5.41, 5.74) is 2.73. The molecule has 6 nitrogen and oxygen atoms in total. The van der Waals surface area contributed by atoms with Gasteiger partial charge < -0.3 is 24.8 Å². The number of H-pyrrole nitrogens is 1. The first-order chi connectivity index (χ1) is 17.1. The maximum absolute atomic E-state index is 13.5. The number of fused-ring (bicyclic) bond motifs is 2. The number of halogens is 1. The third-order valence-electron chi connectivity index (χ3n) is 6.71. The van der Waals surface area contributed by atoms with Crippen LogP contribution in [0, 0.1) is 5.82 Å². The van der Waals surface area contributed by atoms with Gasteiger partial charge in [-0.15, -0.1) is 11.3 Å². The fourth-order valence-electron chi connectivity index (χ4n) is 4.79. The number of thiophene rings is 1. The third kappa shape index (κ3) is 5.44. The highest BCUT2D eigenvalue weighted by molar-refractivity contribution is 7.17. The zero-order chi connectivity index (χ0) is 24.2. The van der Waals surface area contributed by atoms with E-state index in [0.29, 0.717) is 12.2 Å². The number of carbonyl (C=O) groups excluding carboxylic acids is 1. The van der Waals surface area contributed by atoms with Gasteiger partial charge in [-0.2, -0.15) is 0 Å². The van der Waals surface area contributed by atoms with Gasteiger partial charge in [-0.3, -0.25) is 4.79 Å². The van der Waals surface area contributed by atoms with E-state index in [-0.39, 0.29) is 11.7 Å². The molecule has 0 saturated carbocycles. The molecule has 1 aliphatic rings. The molecule has 0 spiro atoms. The lowest BCUT2D eigenvalue weighted by Crippen LogP contribution is -2.31. The highest BCUT2D eigenvalue weighted by Gasteiger charge is 2.18. The number of nitrogens with zero attached hydrogens (tertiary/aromatic N) is 2. The number of methoxy groups -OCH3 is 1. The average Bonchev–Trinajstić information content (AvgIpc) is 3.41. The van der Waals surface area contributed by atoms with E-state index in [1.54, 1.807) is 30.6 Å². The second kappa shape index (κ2) is 10.7. The lowest BCUT2D eigenvalue weighted by Gasteiger charge is -2.23. The van der Waals surface area contributed by atoms with Crippen molar-refractivity contribution >= 4 is 43.9 Å². The minimum absolute atomic E-state index is 0.0755. The first-order valence-electron chi connectivity index (χ1n) is 12.2. The fraction of sp³-hybridized carbons (Fsp3) is 0.370. The largest absolute Gasteiger partial charge is 0.497 e. The Morgan fingerprint density at radius 3 is 2.91 bits per heavy atom. The van der Waals surface area contributed by atoms with Gasteiger partial charge in [-0.25, -0.2) is 4.39 Å². The molecule has 35 heavy (non-hydrogen) atoms. The highest BCUT2D eigenvalue weighted by Crippen LogP contribution is 2.34. The second-order valence-electron chi connectivity index (χ2n) is 9.04. The van der Waals surface area contributed by atoms with Gasteiger partial charge in [0.2, 0.25) is 0 Å². The summed E-state index contributed by atoms with van der Waals surface area (Å²) in [5.74, 6) is 0.527. The summed E-state index contributed by atoms with van der Waals surface area (Å²) in [6.07, 6.45) is 3.10. The third-order valence-corrected chi connectivity index (χ3v) is 7.64. The van der Waals surface area contributed by atoms with Crippen LogP contribution in [0.2, 0.25) is 0 Å². The lowest BCUT2D eigenvalue weighted by molar-refractivity contribution is 0.0948. The Labute approximate surface area is 208 Å². The SMILES string of the molecule is COc1ccc2[nH]c(C(=O)NCCCCN3CCCN(c4csc5cc(F)ccc45)CC3)cc2c1. The quantitative estimate of drug-likeness (QED) is 0.329. The van der Waals surface area contributed by atoms with Crippen molar-refractivity contribution in [3.05, 3.63) is 59.4 Å². The average molecular weight is 495 g/mol. The number of benzene rings is 2. The van der Waals surface area contributed by atoms with E-state index in [1.807, 2.05) is 30.3 Å². The fourth-order valence-corrected chi connectivity index (χ4v) is 5.78. The number of aromatic amines is 1. The molecular formula is C27H31FN4O2S. The Morgan fingerprint density at radius 1 is 1.11 bits per heavy atom. The molecule has 184 valence electrons. The predicted molar refractivity (Wildman–Crippen MR) is 141 cm³/mol. The van der Waals surface area contributed by atoms with Crippen molar-refractivity contribution in [1.29, 1.82) is 0 Å². The van der Waals surface area contributed by atoms with Gasteiger partial charge >= 0.3 is 0 Å². The standard InChI is InChI=1S/C27H31FN4O2S/c1-34-21-6-8-23-19(15-21)16-24(30-23)27(33)29-9-2-3-10-31-11-4-12-32(14-13-31)25-18-35-26-17-20(28)5-7-22(25)26/h5-8,15-18,30H,2-4,9-14H2,1H3,(H,29,33). The molecule has 4 aromatic rings. The Hall–Kier alpha value is -3.10. The Balaban J connectivity index is 1.06. The molecule has 0 radical (unpaired) electrons. The van der Waals surface area contributed by atoms with E-state index in [4.69, 9.17) is 4.74 Å². The Bertz CT molecular complexity index is 1320. The van der Waals surface area contributed by atoms with Crippen LogP contribution in [0.15, 0.2) is 47.8 Å². The van der Waals surface area contributed by atoms with Gasteiger partial charge in [0, 0.05) is 52.5 Å². The maximum atomic E-state index is 13.5. The van der Waals surface area contributed by atoms with Gasteiger partial charge in [-0.05, 0) is 74.8 Å². The highest BCUT2D eigenvalue weighted by atomic mass is 32.1.